The lowest BCUT2D eigenvalue weighted by Crippen LogP contribution is -2.49. The van der Waals surface area contributed by atoms with Gasteiger partial charge in [0.05, 0.1) is 5.69 Å². The predicted molar refractivity (Wildman–Crippen MR) is 136 cm³/mol. The summed E-state index contributed by atoms with van der Waals surface area (Å²) in [6.45, 7) is 20.8. The van der Waals surface area contributed by atoms with Crippen LogP contribution in [0.1, 0.15) is 66.5 Å². The quantitative estimate of drug-likeness (QED) is 0.285. The van der Waals surface area contributed by atoms with E-state index in [1.54, 1.807) is 12.4 Å². The standard InChI is InChI=1S/C25H37N3O4.C2H4/c1-8-26-22(17(2)19(4)30-20-10-9-14-27-18(20)3)31-21-11-15-28(16-25(21)12-13-25)23(29)32-24(5,6)7;1-2/h8-10,14,19,21H,11-13,15-16H2,1-7H3;1-2H2/b22-17+,26-8-;. The van der Waals surface area contributed by atoms with Crippen LogP contribution in [-0.2, 0) is 9.47 Å². The smallest absolute Gasteiger partial charge is 0.410 e. The molecule has 0 N–H and O–H groups in total. The van der Waals surface area contributed by atoms with E-state index in [2.05, 4.69) is 23.1 Å². The molecule has 2 aliphatic rings. The number of nitrogens with zero attached hydrogens (tertiary/aromatic N) is 3. The first-order chi connectivity index (χ1) is 16.0. The first-order valence-corrected chi connectivity index (χ1v) is 12.0. The van der Waals surface area contributed by atoms with Crippen molar-refractivity contribution in [2.45, 2.75) is 85.5 Å². The molecule has 1 aliphatic heterocycles. The van der Waals surface area contributed by atoms with Crippen molar-refractivity contribution < 1.29 is 19.0 Å². The number of hydrogen-bond donors (Lipinski definition) is 0. The second-order valence-electron chi connectivity index (χ2n) is 9.88. The van der Waals surface area contributed by atoms with Gasteiger partial charge in [0.15, 0.2) is 0 Å². The van der Waals surface area contributed by atoms with E-state index in [9.17, 15) is 4.79 Å². The number of pyridine rings is 1. The Balaban J connectivity index is 0.00000199. The lowest BCUT2D eigenvalue weighted by molar-refractivity contribution is -0.0293. The molecule has 0 radical (unpaired) electrons. The van der Waals surface area contributed by atoms with Crippen LogP contribution < -0.4 is 4.74 Å². The van der Waals surface area contributed by atoms with E-state index >= 15 is 0 Å². The number of aryl methyl sites for hydroxylation is 1. The molecule has 1 amide bonds. The minimum Gasteiger partial charge on any atom is -0.484 e. The fourth-order valence-corrected chi connectivity index (χ4v) is 3.97. The molecule has 7 heteroatoms. The highest BCUT2D eigenvalue weighted by Crippen LogP contribution is 2.54. The van der Waals surface area contributed by atoms with E-state index < -0.39 is 5.60 Å². The molecular formula is C27H41N3O4. The molecule has 0 aromatic carbocycles. The Morgan fingerprint density at radius 1 is 1.35 bits per heavy atom. The molecule has 1 saturated carbocycles. The molecule has 2 unspecified atom stereocenters. The van der Waals surface area contributed by atoms with Crippen molar-refractivity contribution in [1.29, 1.82) is 0 Å². The lowest BCUT2D eigenvalue weighted by atomic mass is 9.91. The summed E-state index contributed by atoms with van der Waals surface area (Å²) in [4.78, 5) is 23.2. The summed E-state index contributed by atoms with van der Waals surface area (Å²) in [7, 11) is 0. The fraction of sp³-hybridized carbons (Fsp3) is 0.593. The number of carbonyl (C=O) groups excluding carboxylic acids is 1. The Kier molecular flexibility index (Phi) is 9.30. The topological polar surface area (TPSA) is 73.2 Å². The number of carbonyl (C=O) groups is 1. The van der Waals surface area contributed by atoms with Gasteiger partial charge in [0.2, 0.25) is 5.88 Å². The van der Waals surface area contributed by atoms with Gasteiger partial charge in [0, 0.05) is 42.9 Å². The van der Waals surface area contributed by atoms with E-state index in [0.717, 1.165) is 36.3 Å². The van der Waals surface area contributed by atoms with E-state index in [1.807, 2.05) is 65.5 Å². The maximum absolute atomic E-state index is 12.6. The van der Waals surface area contributed by atoms with Crippen molar-refractivity contribution in [1.82, 2.24) is 9.88 Å². The van der Waals surface area contributed by atoms with Crippen LogP contribution in [0.15, 0.2) is 47.9 Å². The maximum atomic E-state index is 12.6. The van der Waals surface area contributed by atoms with Gasteiger partial charge in [0.1, 0.15) is 23.6 Å². The molecule has 1 aromatic heterocycles. The van der Waals surface area contributed by atoms with Crippen LogP contribution in [0.3, 0.4) is 0 Å². The van der Waals surface area contributed by atoms with E-state index in [0.29, 0.717) is 19.0 Å². The Hall–Kier alpha value is -2.83. The van der Waals surface area contributed by atoms with Crippen molar-refractivity contribution in [2.24, 2.45) is 10.4 Å². The van der Waals surface area contributed by atoms with Crippen molar-refractivity contribution in [2.75, 3.05) is 13.1 Å². The van der Waals surface area contributed by atoms with E-state index in [-0.39, 0.29) is 23.7 Å². The Bertz CT molecular complexity index is 899. The van der Waals surface area contributed by atoms with Gasteiger partial charge in [0.25, 0.3) is 0 Å². The summed E-state index contributed by atoms with van der Waals surface area (Å²) in [6, 6.07) is 3.78. The number of hydrogen-bond acceptors (Lipinski definition) is 6. The van der Waals surface area contributed by atoms with Crippen LogP contribution in [-0.4, -0.2) is 53.1 Å². The van der Waals surface area contributed by atoms with Crippen molar-refractivity contribution in [3.8, 4) is 5.75 Å². The van der Waals surface area contributed by atoms with Gasteiger partial charge in [-0.25, -0.2) is 9.79 Å². The highest BCUT2D eigenvalue weighted by Gasteiger charge is 2.55. The first-order valence-electron chi connectivity index (χ1n) is 12.0. The lowest BCUT2D eigenvalue weighted by Gasteiger charge is -2.39. The number of likely N-dealkylation sites (tertiary alicyclic amines) is 1. The number of piperidine rings is 1. The minimum atomic E-state index is -0.493. The summed E-state index contributed by atoms with van der Waals surface area (Å²) < 4.78 is 18.2. The van der Waals surface area contributed by atoms with Crippen molar-refractivity contribution >= 4 is 12.3 Å². The highest BCUT2D eigenvalue weighted by atomic mass is 16.6. The molecule has 1 saturated heterocycles. The predicted octanol–water partition coefficient (Wildman–Crippen LogP) is 6.09. The Labute approximate surface area is 204 Å². The molecule has 7 nitrogen and oxygen atoms in total. The first kappa shape index (κ1) is 27.4. The molecule has 188 valence electrons. The van der Waals surface area contributed by atoms with Gasteiger partial charge in [-0.2, -0.15) is 0 Å². The third kappa shape index (κ3) is 7.08. The van der Waals surface area contributed by atoms with Gasteiger partial charge >= 0.3 is 6.09 Å². The fourth-order valence-electron chi connectivity index (χ4n) is 3.97. The SMILES string of the molecule is C/C=N\C(OC1CCN(C(=O)OC(C)(C)C)CC12CC2)=C(\C)C(C)Oc1cccnc1C.C=C. The molecule has 2 fully saturated rings. The molecule has 1 aliphatic carbocycles. The van der Waals surface area contributed by atoms with Crippen LogP contribution in [0.4, 0.5) is 4.79 Å². The van der Waals surface area contributed by atoms with E-state index in [1.165, 1.54) is 0 Å². The Morgan fingerprint density at radius 2 is 2.03 bits per heavy atom. The average molecular weight is 472 g/mol. The normalized spacial score (nSPS) is 20.7. The second kappa shape index (κ2) is 11.5. The molecule has 0 bridgehead atoms. The summed E-state index contributed by atoms with van der Waals surface area (Å²) in [5.41, 5.74) is 1.26. The van der Waals surface area contributed by atoms with E-state index in [4.69, 9.17) is 14.2 Å². The van der Waals surface area contributed by atoms with Gasteiger partial charge in [-0.05, 0) is 73.4 Å². The molecular weight excluding hydrogens is 430 g/mol. The monoisotopic (exact) mass is 471 g/mol. The molecule has 3 rings (SSSR count). The van der Waals surface area contributed by atoms with Crippen LogP contribution in [0, 0.1) is 12.3 Å². The summed E-state index contributed by atoms with van der Waals surface area (Å²) in [5.74, 6) is 1.35. The maximum Gasteiger partial charge on any atom is 0.410 e. The number of aliphatic imine (C=N–C) groups is 1. The summed E-state index contributed by atoms with van der Waals surface area (Å²) in [5, 5.41) is 0. The van der Waals surface area contributed by atoms with Gasteiger partial charge < -0.3 is 19.1 Å². The number of aromatic nitrogens is 1. The van der Waals surface area contributed by atoms with Gasteiger partial charge in [-0.1, -0.05) is 0 Å². The molecule has 2 heterocycles. The van der Waals surface area contributed by atoms with Crippen molar-refractivity contribution in [3.63, 3.8) is 0 Å². The number of amides is 1. The Morgan fingerprint density at radius 3 is 2.59 bits per heavy atom. The molecule has 1 aromatic rings. The summed E-state index contributed by atoms with van der Waals surface area (Å²) in [6.07, 6.45) is 5.90. The van der Waals surface area contributed by atoms with Gasteiger partial charge in [-0.3, -0.25) is 4.98 Å². The third-order valence-electron chi connectivity index (χ3n) is 6.10. The summed E-state index contributed by atoms with van der Waals surface area (Å²) >= 11 is 0. The number of ether oxygens (including phenoxy) is 3. The van der Waals surface area contributed by atoms with Crippen LogP contribution >= 0.6 is 0 Å². The minimum absolute atomic E-state index is 0.0159. The third-order valence-corrected chi connectivity index (χ3v) is 6.10. The molecule has 34 heavy (non-hydrogen) atoms. The molecule has 1 spiro atoms. The zero-order valence-corrected chi connectivity index (χ0v) is 21.9. The van der Waals surface area contributed by atoms with Crippen LogP contribution in [0.2, 0.25) is 0 Å². The number of rotatable bonds is 6. The van der Waals surface area contributed by atoms with Gasteiger partial charge in [-0.15, -0.1) is 13.2 Å². The zero-order chi connectivity index (χ0) is 25.5. The largest absolute Gasteiger partial charge is 0.484 e. The zero-order valence-electron chi connectivity index (χ0n) is 21.9. The average Bonchev–Trinajstić information content (AvgIpc) is 3.55. The van der Waals surface area contributed by atoms with Crippen LogP contribution in [0.5, 0.6) is 5.75 Å². The second-order valence-corrected chi connectivity index (χ2v) is 9.88. The van der Waals surface area contributed by atoms with Crippen LogP contribution in [0.25, 0.3) is 0 Å². The molecule has 2 atom stereocenters. The highest BCUT2D eigenvalue weighted by molar-refractivity contribution is 5.68. The van der Waals surface area contributed by atoms with Crippen molar-refractivity contribution in [3.05, 3.63) is 48.6 Å².